The molecule has 2 N–H and O–H groups in total. The number of rotatable bonds is 4. The van der Waals surface area contributed by atoms with E-state index in [1.807, 2.05) is 24.3 Å². The number of nitrogens with two attached hydrogens (primary N) is 1. The quantitative estimate of drug-likeness (QED) is 0.905. The molecule has 0 saturated heterocycles. The van der Waals surface area contributed by atoms with Gasteiger partial charge in [0.1, 0.15) is 12.4 Å². The highest BCUT2D eigenvalue weighted by Crippen LogP contribution is 2.23. The maximum absolute atomic E-state index is 5.89. The highest BCUT2D eigenvalue weighted by atomic mass is 35.5. The van der Waals surface area contributed by atoms with Crippen LogP contribution >= 0.6 is 11.6 Å². The van der Waals surface area contributed by atoms with Crippen molar-refractivity contribution < 1.29 is 4.74 Å². The normalized spacial score (nSPS) is 10.2. The molecule has 2 rings (SSSR count). The maximum Gasteiger partial charge on any atom is 0.124 e. The number of aromatic nitrogens is 1. The SMILES string of the molecule is NCc1cc(Cl)ccc1OCc1cccnc1. The molecule has 0 fully saturated rings. The van der Waals surface area contributed by atoms with Crippen molar-refractivity contribution in [2.24, 2.45) is 5.73 Å². The van der Waals surface area contributed by atoms with Crippen molar-refractivity contribution >= 4 is 11.6 Å². The molecular weight excluding hydrogens is 236 g/mol. The Morgan fingerprint density at radius 1 is 1.29 bits per heavy atom. The lowest BCUT2D eigenvalue weighted by atomic mass is 10.2. The van der Waals surface area contributed by atoms with Crippen LogP contribution in [0.4, 0.5) is 0 Å². The number of ether oxygens (including phenoxy) is 1. The molecule has 3 nitrogen and oxygen atoms in total. The Labute approximate surface area is 105 Å². The highest BCUT2D eigenvalue weighted by Gasteiger charge is 2.03. The van der Waals surface area contributed by atoms with E-state index in [0.29, 0.717) is 18.2 Å². The molecule has 0 atom stereocenters. The van der Waals surface area contributed by atoms with Gasteiger partial charge in [-0.25, -0.2) is 0 Å². The van der Waals surface area contributed by atoms with Crippen molar-refractivity contribution in [3.05, 3.63) is 58.9 Å². The van der Waals surface area contributed by atoms with Crippen molar-refractivity contribution in [3.63, 3.8) is 0 Å². The first-order valence-corrected chi connectivity index (χ1v) is 5.67. The van der Waals surface area contributed by atoms with Gasteiger partial charge < -0.3 is 10.5 Å². The molecule has 0 aliphatic heterocycles. The van der Waals surface area contributed by atoms with Gasteiger partial charge in [0, 0.05) is 35.1 Å². The van der Waals surface area contributed by atoms with Gasteiger partial charge in [-0.05, 0) is 24.3 Å². The van der Waals surface area contributed by atoms with Crippen molar-refractivity contribution in [2.45, 2.75) is 13.2 Å². The van der Waals surface area contributed by atoms with Gasteiger partial charge >= 0.3 is 0 Å². The minimum Gasteiger partial charge on any atom is -0.489 e. The van der Waals surface area contributed by atoms with Crippen LogP contribution in [0.2, 0.25) is 5.02 Å². The third kappa shape index (κ3) is 3.19. The Balaban J connectivity index is 2.09. The van der Waals surface area contributed by atoms with Crippen LogP contribution in [0.15, 0.2) is 42.7 Å². The molecule has 0 radical (unpaired) electrons. The molecule has 0 aliphatic rings. The van der Waals surface area contributed by atoms with Crippen LogP contribution in [0.5, 0.6) is 5.75 Å². The van der Waals surface area contributed by atoms with E-state index >= 15 is 0 Å². The Hall–Kier alpha value is -1.58. The summed E-state index contributed by atoms with van der Waals surface area (Å²) in [4.78, 5) is 4.03. The Morgan fingerprint density at radius 3 is 2.88 bits per heavy atom. The van der Waals surface area contributed by atoms with Crippen LogP contribution < -0.4 is 10.5 Å². The fourth-order valence-electron chi connectivity index (χ4n) is 1.49. The first-order valence-electron chi connectivity index (χ1n) is 5.30. The average Bonchev–Trinajstić information content (AvgIpc) is 2.38. The van der Waals surface area contributed by atoms with Gasteiger partial charge in [0.25, 0.3) is 0 Å². The zero-order valence-electron chi connectivity index (χ0n) is 9.27. The fourth-order valence-corrected chi connectivity index (χ4v) is 1.69. The standard InChI is InChI=1S/C13H13ClN2O/c14-12-3-4-13(11(6-12)7-15)17-9-10-2-1-5-16-8-10/h1-6,8H,7,9,15H2. The van der Waals surface area contributed by atoms with Gasteiger partial charge in [-0.2, -0.15) is 0 Å². The number of nitrogens with zero attached hydrogens (tertiary/aromatic N) is 1. The molecule has 2 aromatic rings. The lowest BCUT2D eigenvalue weighted by Gasteiger charge is -2.10. The minimum atomic E-state index is 0.406. The predicted octanol–water partition coefficient (Wildman–Crippen LogP) is 2.77. The van der Waals surface area contributed by atoms with Gasteiger partial charge in [-0.1, -0.05) is 17.7 Å². The third-order valence-electron chi connectivity index (χ3n) is 2.36. The van der Waals surface area contributed by atoms with E-state index in [1.165, 1.54) is 0 Å². The van der Waals surface area contributed by atoms with E-state index in [1.54, 1.807) is 18.5 Å². The zero-order chi connectivity index (χ0) is 12.1. The molecule has 0 amide bonds. The van der Waals surface area contributed by atoms with Gasteiger partial charge in [-0.3, -0.25) is 4.98 Å². The minimum absolute atomic E-state index is 0.406. The molecule has 88 valence electrons. The Bertz CT molecular complexity index is 488. The molecule has 1 heterocycles. The summed E-state index contributed by atoms with van der Waals surface area (Å²) < 4.78 is 5.69. The summed E-state index contributed by atoms with van der Waals surface area (Å²) in [5, 5.41) is 0.666. The number of hydrogen-bond donors (Lipinski definition) is 1. The van der Waals surface area contributed by atoms with E-state index in [9.17, 15) is 0 Å². The fraction of sp³-hybridized carbons (Fsp3) is 0.154. The number of pyridine rings is 1. The third-order valence-corrected chi connectivity index (χ3v) is 2.59. The first kappa shape index (κ1) is 11.9. The van der Waals surface area contributed by atoms with E-state index < -0.39 is 0 Å². The van der Waals surface area contributed by atoms with Gasteiger partial charge in [0.05, 0.1) is 0 Å². The van der Waals surface area contributed by atoms with Crippen molar-refractivity contribution in [2.75, 3.05) is 0 Å². The predicted molar refractivity (Wildman–Crippen MR) is 67.9 cm³/mol. The molecule has 1 aromatic carbocycles. The summed E-state index contributed by atoms with van der Waals surface area (Å²) in [5.74, 6) is 0.765. The number of halogens is 1. The summed E-state index contributed by atoms with van der Waals surface area (Å²) in [6.45, 7) is 0.880. The van der Waals surface area contributed by atoms with E-state index in [2.05, 4.69) is 4.98 Å². The van der Waals surface area contributed by atoms with Gasteiger partial charge in [0.2, 0.25) is 0 Å². The first-order chi connectivity index (χ1) is 8.29. The molecule has 0 saturated carbocycles. The van der Waals surface area contributed by atoms with E-state index in [4.69, 9.17) is 22.1 Å². The number of benzene rings is 1. The molecule has 17 heavy (non-hydrogen) atoms. The largest absolute Gasteiger partial charge is 0.489 e. The summed E-state index contributed by atoms with van der Waals surface area (Å²) in [6, 6.07) is 9.29. The summed E-state index contributed by atoms with van der Waals surface area (Å²) in [7, 11) is 0. The van der Waals surface area contributed by atoms with Crippen molar-refractivity contribution in [1.82, 2.24) is 4.98 Å². The molecular formula is C13H13ClN2O. The Morgan fingerprint density at radius 2 is 2.18 bits per heavy atom. The maximum atomic E-state index is 5.89. The second kappa shape index (κ2) is 5.66. The van der Waals surface area contributed by atoms with Crippen LogP contribution in [0.1, 0.15) is 11.1 Å². The molecule has 0 bridgehead atoms. The van der Waals surface area contributed by atoms with Gasteiger partial charge in [0.15, 0.2) is 0 Å². The summed E-state index contributed by atoms with van der Waals surface area (Å²) in [5.41, 5.74) is 7.56. The lowest BCUT2D eigenvalue weighted by molar-refractivity contribution is 0.302. The van der Waals surface area contributed by atoms with E-state index in [0.717, 1.165) is 16.9 Å². The van der Waals surface area contributed by atoms with Crippen LogP contribution in [-0.2, 0) is 13.2 Å². The van der Waals surface area contributed by atoms with Crippen molar-refractivity contribution in [1.29, 1.82) is 0 Å². The molecule has 0 unspecified atom stereocenters. The monoisotopic (exact) mass is 248 g/mol. The topological polar surface area (TPSA) is 48.1 Å². The molecule has 0 aliphatic carbocycles. The smallest absolute Gasteiger partial charge is 0.124 e. The van der Waals surface area contributed by atoms with Gasteiger partial charge in [-0.15, -0.1) is 0 Å². The molecule has 1 aromatic heterocycles. The highest BCUT2D eigenvalue weighted by molar-refractivity contribution is 6.30. The average molecular weight is 249 g/mol. The van der Waals surface area contributed by atoms with Crippen molar-refractivity contribution in [3.8, 4) is 5.75 Å². The second-order valence-electron chi connectivity index (χ2n) is 3.61. The molecule has 4 heteroatoms. The van der Waals surface area contributed by atoms with Crippen LogP contribution in [0.25, 0.3) is 0 Å². The zero-order valence-corrected chi connectivity index (χ0v) is 10.0. The van der Waals surface area contributed by atoms with Crippen LogP contribution in [0.3, 0.4) is 0 Å². The van der Waals surface area contributed by atoms with E-state index in [-0.39, 0.29) is 0 Å². The Kier molecular flexibility index (Phi) is 3.96. The van der Waals surface area contributed by atoms with Crippen LogP contribution in [-0.4, -0.2) is 4.98 Å². The second-order valence-corrected chi connectivity index (χ2v) is 4.04. The lowest BCUT2D eigenvalue weighted by Crippen LogP contribution is -2.02. The number of hydrogen-bond acceptors (Lipinski definition) is 3. The molecule has 0 spiro atoms. The van der Waals surface area contributed by atoms with Crippen LogP contribution in [0, 0.1) is 0 Å². The summed E-state index contributed by atoms with van der Waals surface area (Å²) >= 11 is 5.89. The summed E-state index contributed by atoms with van der Waals surface area (Å²) in [6.07, 6.45) is 3.51.